The van der Waals surface area contributed by atoms with Crippen molar-refractivity contribution in [1.82, 2.24) is 4.98 Å². The van der Waals surface area contributed by atoms with Gasteiger partial charge in [0.1, 0.15) is 11.6 Å². The van der Waals surface area contributed by atoms with Gasteiger partial charge in [0.15, 0.2) is 0 Å². The van der Waals surface area contributed by atoms with E-state index in [1.807, 2.05) is 18.2 Å². The maximum atomic E-state index is 13.8. The normalized spacial score (nSPS) is 13.3. The number of rotatable bonds is 6. The number of pyridine rings is 1. The van der Waals surface area contributed by atoms with E-state index in [0.29, 0.717) is 18.4 Å². The first kappa shape index (κ1) is 17.8. The van der Waals surface area contributed by atoms with Gasteiger partial charge >= 0.3 is 0 Å². The van der Waals surface area contributed by atoms with Crippen LogP contribution >= 0.6 is 11.8 Å². The molecule has 4 rings (SSSR count). The number of ether oxygens (including phenoxy) is 1. The highest BCUT2D eigenvalue weighted by Gasteiger charge is 2.15. The molecule has 3 aromatic rings. The third-order valence-corrected chi connectivity index (χ3v) is 5.50. The van der Waals surface area contributed by atoms with E-state index in [4.69, 9.17) is 4.74 Å². The van der Waals surface area contributed by atoms with Gasteiger partial charge in [0.05, 0.1) is 12.1 Å². The Morgan fingerprint density at radius 3 is 3.04 bits per heavy atom. The number of anilines is 1. The van der Waals surface area contributed by atoms with Crippen LogP contribution in [0.1, 0.15) is 17.5 Å². The summed E-state index contributed by atoms with van der Waals surface area (Å²) >= 11 is 1.73. The molecule has 0 aliphatic carbocycles. The minimum absolute atomic E-state index is 0.0652. The van der Waals surface area contributed by atoms with Crippen LogP contribution in [-0.2, 0) is 17.0 Å². The maximum Gasteiger partial charge on any atom is 0.224 e. The largest absolute Gasteiger partial charge is 0.493 e. The number of carbonyl (C=O) groups is 1. The van der Waals surface area contributed by atoms with Gasteiger partial charge in [-0.2, -0.15) is 11.8 Å². The molecule has 27 heavy (non-hydrogen) atoms. The summed E-state index contributed by atoms with van der Waals surface area (Å²) in [5.41, 5.74) is 3.75. The molecule has 0 saturated carbocycles. The summed E-state index contributed by atoms with van der Waals surface area (Å²) in [6.07, 6.45) is 2.96. The summed E-state index contributed by atoms with van der Waals surface area (Å²) in [4.78, 5) is 15.7. The van der Waals surface area contributed by atoms with E-state index in [1.165, 1.54) is 6.07 Å². The van der Waals surface area contributed by atoms with Gasteiger partial charge in [0, 0.05) is 35.2 Å². The lowest BCUT2D eigenvalue weighted by Crippen LogP contribution is -2.18. The number of thioether (sulfide) groups is 1. The molecule has 0 saturated heterocycles. The van der Waals surface area contributed by atoms with Crippen molar-refractivity contribution in [2.75, 3.05) is 17.7 Å². The molecule has 0 radical (unpaired) electrons. The van der Waals surface area contributed by atoms with Crippen molar-refractivity contribution >= 4 is 34.3 Å². The average molecular weight is 382 g/mol. The lowest BCUT2D eigenvalue weighted by Gasteiger charge is -2.17. The van der Waals surface area contributed by atoms with E-state index >= 15 is 0 Å². The van der Waals surface area contributed by atoms with Crippen molar-refractivity contribution in [2.45, 2.75) is 18.6 Å². The van der Waals surface area contributed by atoms with Crippen LogP contribution in [0.15, 0.2) is 48.7 Å². The third-order valence-electron chi connectivity index (χ3n) is 4.53. The predicted octanol–water partition coefficient (Wildman–Crippen LogP) is 4.57. The number of aryl methyl sites for hydroxylation is 1. The van der Waals surface area contributed by atoms with Gasteiger partial charge in [-0.05, 0) is 53.9 Å². The zero-order valence-corrected chi connectivity index (χ0v) is 15.5. The van der Waals surface area contributed by atoms with Gasteiger partial charge < -0.3 is 10.1 Å². The lowest BCUT2D eigenvalue weighted by molar-refractivity contribution is -0.116. The van der Waals surface area contributed by atoms with Crippen LogP contribution in [-0.4, -0.2) is 23.3 Å². The summed E-state index contributed by atoms with van der Waals surface area (Å²) in [7, 11) is 0. The smallest absolute Gasteiger partial charge is 0.224 e. The SMILES string of the molecule is O=C1CCc2cc(OCCSCc3ccc(F)c4cccnc34)ccc2N1. The number of halogens is 1. The number of nitrogens with one attached hydrogen (secondary N) is 1. The van der Waals surface area contributed by atoms with Crippen LogP contribution < -0.4 is 10.1 Å². The highest BCUT2D eigenvalue weighted by molar-refractivity contribution is 7.98. The van der Waals surface area contributed by atoms with Crippen LogP contribution in [0, 0.1) is 5.82 Å². The standard InChI is InChI=1S/C21H19FN2O2S/c22-18-6-3-15(21-17(18)2-1-9-23-21)13-27-11-10-26-16-5-7-19-14(12-16)4-8-20(25)24-19/h1-3,5-7,9,12H,4,8,10-11,13H2,(H,24,25). The topological polar surface area (TPSA) is 51.2 Å². The van der Waals surface area contributed by atoms with Gasteiger partial charge in [-0.15, -0.1) is 0 Å². The van der Waals surface area contributed by atoms with E-state index in [2.05, 4.69) is 10.3 Å². The van der Waals surface area contributed by atoms with E-state index < -0.39 is 0 Å². The average Bonchev–Trinajstić information content (AvgIpc) is 2.69. The van der Waals surface area contributed by atoms with Gasteiger partial charge in [-0.25, -0.2) is 4.39 Å². The minimum atomic E-state index is -0.237. The first-order chi connectivity index (χ1) is 13.2. The number of nitrogens with zero attached hydrogens (tertiary/aromatic N) is 1. The van der Waals surface area contributed by atoms with Crippen LogP contribution in [0.25, 0.3) is 10.9 Å². The second-order valence-electron chi connectivity index (χ2n) is 6.37. The molecular weight excluding hydrogens is 363 g/mol. The fourth-order valence-electron chi connectivity index (χ4n) is 3.16. The summed E-state index contributed by atoms with van der Waals surface area (Å²) in [5, 5.41) is 3.43. The quantitative estimate of drug-likeness (QED) is 0.635. The van der Waals surface area contributed by atoms with E-state index in [-0.39, 0.29) is 11.7 Å². The Morgan fingerprint density at radius 1 is 1.19 bits per heavy atom. The van der Waals surface area contributed by atoms with Crippen molar-refractivity contribution in [3.63, 3.8) is 0 Å². The summed E-state index contributed by atoms with van der Waals surface area (Å²) in [6, 6.07) is 12.6. The Morgan fingerprint density at radius 2 is 2.11 bits per heavy atom. The molecule has 0 bridgehead atoms. The summed E-state index contributed by atoms with van der Waals surface area (Å²) < 4.78 is 19.7. The molecule has 2 heterocycles. The van der Waals surface area contributed by atoms with Crippen molar-refractivity contribution in [2.24, 2.45) is 0 Å². The first-order valence-electron chi connectivity index (χ1n) is 8.86. The van der Waals surface area contributed by atoms with Crippen LogP contribution in [0.4, 0.5) is 10.1 Å². The summed E-state index contributed by atoms with van der Waals surface area (Å²) in [6.45, 7) is 0.586. The Bertz CT molecular complexity index is 993. The molecule has 0 spiro atoms. The van der Waals surface area contributed by atoms with Crippen molar-refractivity contribution < 1.29 is 13.9 Å². The second kappa shape index (κ2) is 7.96. The van der Waals surface area contributed by atoms with Gasteiger partial charge in [-0.3, -0.25) is 9.78 Å². The molecule has 6 heteroatoms. The number of benzene rings is 2. The van der Waals surface area contributed by atoms with Crippen molar-refractivity contribution in [3.8, 4) is 5.75 Å². The van der Waals surface area contributed by atoms with Crippen LogP contribution in [0.2, 0.25) is 0 Å². The Hall–Kier alpha value is -2.60. The molecule has 1 amide bonds. The van der Waals surface area contributed by atoms with E-state index in [9.17, 15) is 9.18 Å². The molecule has 0 unspecified atom stereocenters. The van der Waals surface area contributed by atoms with Crippen molar-refractivity contribution in [3.05, 3.63) is 65.6 Å². The Balaban J connectivity index is 1.30. The van der Waals surface area contributed by atoms with Gasteiger partial charge in [0.25, 0.3) is 0 Å². The maximum absolute atomic E-state index is 13.8. The number of hydrogen-bond donors (Lipinski definition) is 1. The zero-order chi connectivity index (χ0) is 18.6. The number of fused-ring (bicyclic) bond motifs is 2. The molecule has 1 aromatic heterocycles. The molecule has 0 fully saturated rings. The molecule has 2 aromatic carbocycles. The number of hydrogen-bond acceptors (Lipinski definition) is 4. The highest BCUT2D eigenvalue weighted by atomic mass is 32.2. The zero-order valence-electron chi connectivity index (χ0n) is 14.7. The molecule has 1 aliphatic rings. The third kappa shape index (κ3) is 4.06. The first-order valence-corrected chi connectivity index (χ1v) is 10.0. The van der Waals surface area contributed by atoms with Gasteiger partial charge in [-0.1, -0.05) is 6.07 Å². The second-order valence-corrected chi connectivity index (χ2v) is 7.48. The molecule has 1 aliphatic heterocycles. The van der Waals surface area contributed by atoms with E-state index in [0.717, 1.165) is 46.0 Å². The number of aromatic nitrogens is 1. The molecule has 1 N–H and O–H groups in total. The Labute approximate surface area is 161 Å². The fourth-order valence-corrected chi connectivity index (χ4v) is 3.96. The van der Waals surface area contributed by atoms with Gasteiger partial charge in [0.2, 0.25) is 5.91 Å². The fraction of sp³-hybridized carbons (Fsp3) is 0.238. The highest BCUT2D eigenvalue weighted by Crippen LogP contribution is 2.27. The van der Waals surface area contributed by atoms with Crippen molar-refractivity contribution in [1.29, 1.82) is 0 Å². The summed E-state index contributed by atoms with van der Waals surface area (Å²) in [5.74, 6) is 2.22. The lowest BCUT2D eigenvalue weighted by atomic mass is 10.0. The van der Waals surface area contributed by atoms with Crippen LogP contribution in [0.5, 0.6) is 5.75 Å². The molecule has 138 valence electrons. The van der Waals surface area contributed by atoms with Crippen LogP contribution in [0.3, 0.4) is 0 Å². The predicted molar refractivity (Wildman–Crippen MR) is 107 cm³/mol. The van der Waals surface area contributed by atoms with E-state index in [1.54, 1.807) is 36.2 Å². The molecule has 4 nitrogen and oxygen atoms in total. The number of carbonyl (C=O) groups excluding carboxylic acids is 1. The number of amides is 1. The molecule has 0 atom stereocenters. The monoisotopic (exact) mass is 382 g/mol. The minimum Gasteiger partial charge on any atom is -0.493 e. The molecular formula is C21H19FN2O2S. The Kier molecular flexibility index (Phi) is 5.25.